The molecule has 0 unspecified atom stereocenters. The van der Waals surface area contributed by atoms with E-state index in [2.05, 4.69) is 4.99 Å². The fourth-order valence-corrected chi connectivity index (χ4v) is 2.88. The van der Waals surface area contributed by atoms with Gasteiger partial charge in [0.2, 0.25) is 5.91 Å². The van der Waals surface area contributed by atoms with E-state index in [0.29, 0.717) is 23.2 Å². The van der Waals surface area contributed by atoms with Gasteiger partial charge in [-0.1, -0.05) is 29.8 Å². The van der Waals surface area contributed by atoms with Crippen LogP contribution in [0.2, 0.25) is 0 Å². The lowest BCUT2D eigenvalue weighted by molar-refractivity contribution is -0.114. The molecule has 1 amide bonds. The Kier molecular flexibility index (Phi) is 5.18. The molecular formula is C17H21BN2O3. The third-order valence-electron chi connectivity index (χ3n) is 4.11. The molecule has 1 aromatic carbocycles. The number of aliphatic imine (C=N–C) groups is 1. The molecule has 0 bridgehead atoms. The molecule has 0 spiro atoms. The molecule has 0 aliphatic carbocycles. The normalized spacial score (nSPS) is 16.0. The number of allylic oxidation sites excluding steroid dienone is 3. The minimum Gasteiger partial charge on any atom is -0.423 e. The van der Waals surface area contributed by atoms with E-state index in [9.17, 15) is 14.8 Å². The second-order valence-electron chi connectivity index (χ2n) is 5.78. The number of hydrogen-bond acceptors (Lipinski definition) is 4. The lowest BCUT2D eigenvalue weighted by Gasteiger charge is -2.18. The molecule has 1 aliphatic rings. The molecule has 0 radical (unpaired) electrons. The van der Waals surface area contributed by atoms with Crippen molar-refractivity contribution in [3.05, 3.63) is 46.7 Å². The van der Waals surface area contributed by atoms with E-state index in [0.717, 1.165) is 28.8 Å². The van der Waals surface area contributed by atoms with Crippen LogP contribution >= 0.6 is 0 Å². The van der Waals surface area contributed by atoms with Crippen molar-refractivity contribution in [2.24, 2.45) is 10.7 Å². The number of primary amides is 1. The second-order valence-corrected chi connectivity index (χ2v) is 5.78. The van der Waals surface area contributed by atoms with Gasteiger partial charge >= 0.3 is 7.12 Å². The van der Waals surface area contributed by atoms with Crippen LogP contribution in [-0.2, 0) is 4.79 Å². The van der Waals surface area contributed by atoms with Gasteiger partial charge in [-0.15, -0.1) is 0 Å². The van der Waals surface area contributed by atoms with Crippen molar-refractivity contribution >= 4 is 29.8 Å². The van der Waals surface area contributed by atoms with Crippen LogP contribution in [0.5, 0.6) is 0 Å². The quantitative estimate of drug-likeness (QED) is 0.731. The van der Waals surface area contributed by atoms with Gasteiger partial charge in [0.05, 0.1) is 0 Å². The van der Waals surface area contributed by atoms with Crippen LogP contribution in [0.4, 0.5) is 0 Å². The Morgan fingerprint density at radius 1 is 1.13 bits per heavy atom. The Hall–Kier alpha value is -2.18. The first kappa shape index (κ1) is 17.2. The molecule has 4 N–H and O–H groups in total. The molecule has 6 heteroatoms. The Bertz CT molecular complexity index is 716. The van der Waals surface area contributed by atoms with Crippen LogP contribution in [0.25, 0.3) is 5.57 Å². The third-order valence-corrected chi connectivity index (χ3v) is 4.11. The van der Waals surface area contributed by atoms with Crippen molar-refractivity contribution in [3.63, 3.8) is 0 Å². The molecule has 120 valence electrons. The van der Waals surface area contributed by atoms with Gasteiger partial charge < -0.3 is 15.8 Å². The molecule has 2 rings (SSSR count). The van der Waals surface area contributed by atoms with Crippen LogP contribution in [-0.4, -0.2) is 28.8 Å². The number of amides is 1. The average Bonchev–Trinajstić information content (AvgIpc) is 2.46. The summed E-state index contributed by atoms with van der Waals surface area (Å²) in [5.41, 5.74) is 11.0. The summed E-state index contributed by atoms with van der Waals surface area (Å²) in [6, 6.07) is 7.07. The minimum absolute atomic E-state index is 0.420. The number of carbonyl (C=O) groups is 1. The van der Waals surface area contributed by atoms with Crippen molar-refractivity contribution in [2.75, 3.05) is 0 Å². The molecule has 0 aromatic heterocycles. The molecule has 1 aromatic rings. The summed E-state index contributed by atoms with van der Waals surface area (Å²) >= 11 is 0. The molecule has 23 heavy (non-hydrogen) atoms. The average molecular weight is 312 g/mol. The van der Waals surface area contributed by atoms with Crippen LogP contribution < -0.4 is 11.2 Å². The summed E-state index contributed by atoms with van der Waals surface area (Å²) in [5.74, 6) is -0.420. The number of nitrogens with zero attached hydrogens (tertiary/aromatic N) is 1. The van der Waals surface area contributed by atoms with Crippen LogP contribution in [0.3, 0.4) is 0 Å². The SMILES string of the molecule is CC1=NC(C)=C(C(N)=O)CCC(C)=C1c1ccc(B(O)O)cc1. The highest BCUT2D eigenvalue weighted by molar-refractivity contribution is 6.58. The molecule has 1 aliphatic heterocycles. The maximum absolute atomic E-state index is 11.5. The number of benzene rings is 1. The number of hydrogen-bond donors (Lipinski definition) is 3. The van der Waals surface area contributed by atoms with Gasteiger partial charge in [-0.05, 0) is 44.6 Å². The van der Waals surface area contributed by atoms with Crippen LogP contribution in [0, 0.1) is 0 Å². The maximum Gasteiger partial charge on any atom is 0.488 e. The largest absolute Gasteiger partial charge is 0.488 e. The van der Waals surface area contributed by atoms with E-state index >= 15 is 0 Å². The summed E-state index contributed by atoms with van der Waals surface area (Å²) in [5, 5.41) is 18.4. The Labute approximate surface area is 136 Å². The predicted octanol–water partition coefficient (Wildman–Crippen LogP) is 1.15. The van der Waals surface area contributed by atoms with Crippen molar-refractivity contribution in [1.82, 2.24) is 0 Å². The van der Waals surface area contributed by atoms with E-state index in [4.69, 9.17) is 5.73 Å². The first-order chi connectivity index (χ1) is 10.8. The number of nitrogens with two attached hydrogens (primary N) is 1. The molecule has 1 heterocycles. The van der Waals surface area contributed by atoms with Gasteiger partial charge in [0.15, 0.2) is 0 Å². The Balaban J connectivity index is 2.48. The van der Waals surface area contributed by atoms with E-state index in [-0.39, 0.29) is 0 Å². The summed E-state index contributed by atoms with van der Waals surface area (Å²) in [6.07, 6.45) is 1.29. The lowest BCUT2D eigenvalue weighted by atomic mass is 9.79. The molecule has 0 saturated heterocycles. The van der Waals surface area contributed by atoms with Gasteiger partial charge in [0.25, 0.3) is 0 Å². The third kappa shape index (κ3) is 3.78. The zero-order valence-electron chi connectivity index (χ0n) is 13.6. The number of carbonyl (C=O) groups excluding carboxylic acids is 1. The Morgan fingerprint density at radius 2 is 1.74 bits per heavy atom. The Morgan fingerprint density at radius 3 is 2.26 bits per heavy atom. The van der Waals surface area contributed by atoms with Gasteiger partial charge in [0.1, 0.15) is 0 Å². The van der Waals surface area contributed by atoms with Gasteiger partial charge in [0, 0.05) is 22.6 Å². The monoisotopic (exact) mass is 312 g/mol. The molecule has 5 nitrogen and oxygen atoms in total. The highest BCUT2D eigenvalue weighted by Crippen LogP contribution is 2.28. The molecule has 0 fully saturated rings. The van der Waals surface area contributed by atoms with E-state index in [1.807, 2.05) is 26.0 Å². The zero-order chi connectivity index (χ0) is 17.1. The fourth-order valence-electron chi connectivity index (χ4n) is 2.88. The van der Waals surface area contributed by atoms with Gasteiger partial charge in [-0.2, -0.15) is 0 Å². The highest BCUT2D eigenvalue weighted by atomic mass is 16.4. The minimum atomic E-state index is -1.48. The van der Waals surface area contributed by atoms with Gasteiger partial charge in [-0.3, -0.25) is 9.79 Å². The summed E-state index contributed by atoms with van der Waals surface area (Å²) in [7, 11) is -1.48. The highest BCUT2D eigenvalue weighted by Gasteiger charge is 2.18. The van der Waals surface area contributed by atoms with Crippen LogP contribution in [0.1, 0.15) is 39.2 Å². The van der Waals surface area contributed by atoms with E-state index in [1.54, 1.807) is 19.1 Å². The summed E-state index contributed by atoms with van der Waals surface area (Å²) in [6.45, 7) is 5.72. The zero-order valence-corrected chi connectivity index (χ0v) is 13.6. The lowest BCUT2D eigenvalue weighted by Crippen LogP contribution is -2.29. The topological polar surface area (TPSA) is 95.9 Å². The molecule has 0 atom stereocenters. The first-order valence-corrected chi connectivity index (χ1v) is 7.52. The molecular weight excluding hydrogens is 291 g/mol. The second kappa shape index (κ2) is 6.94. The fraction of sp³-hybridized carbons (Fsp3) is 0.294. The maximum atomic E-state index is 11.5. The van der Waals surface area contributed by atoms with Crippen molar-refractivity contribution in [2.45, 2.75) is 33.6 Å². The van der Waals surface area contributed by atoms with Crippen molar-refractivity contribution in [1.29, 1.82) is 0 Å². The molecule has 0 saturated carbocycles. The van der Waals surface area contributed by atoms with Gasteiger partial charge in [-0.25, -0.2) is 0 Å². The summed E-state index contributed by atoms with van der Waals surface area (Å²) in [4.78, 5) is 16.1. The van der Waals surface area contributed by atoms with Crippen molar-refractivity contribution < 1.29 is 14.8 Å². The predicted molar refractivity (Wildman–Crippen MR) is 93.1 cm³/mol. The first-order valence-electron chi connectivity index (χ1n) is 7.52. The van der Waals surface area contributed by atoms with E-state index < -0.39 is 13.0 Å². The standard InChI is InChI=1S/C17H21BN2O3/c1-10-4-9-15(17(19)21)11(2)20-12(3)16(10)13-5-7-14(8-6-13)18(22)23/h5-8,22-23H,4,9H2,1-3H3,(H2,19,21). The summed E-state index contributed by atoms with van der Waals surface area (Å²) < 4.78 is 0. The van der Waals surface area contributed by atoms with Crippen molar-refractivity contribution in [3.8, 4) is 0 Å². The smallest absolute Gasteiger partial charge is 0.423 e. The van der Waals surface area contributed by atoms with E-state index in [1.165, 1.54) is 0 Å². The van der Waals surface area contributed by atoms with Crippen LogP contribution in [0.15, 0.2) is 46.1 Å². The number of rotatable bonds is 3.